The van der Waals surface area contributed by atoms with Crippen molar-refractivity contribution in [3.63, 3.8) is 0 Å². The van der Waals surface area contributed by atoms with Gasteiger partial charge in [0.2, 0.25) is 0 Å². The normalized spacial score (nSPS) is 12.9. The van der Waals surface area contributed by atoms with E-state index in [4.69, 9.17) is 39.9 Å². The molecule has 0 saturated carbocycles. The Kier molecular flexibility index (Phi) is 8.51. The first-order chi connectivity index (χ1) is 25.0. The van der Waals surface area contributed by atoms with E-state index in [0.29, 0.717) is 45.9 Å². The van der Waals surface area contributed by atoms with Gasteiger partial charge in [-0.2, -0.15) is 0 Å². The monoisotopic (exact) mass is 870 g/mol. The quantitative estimate of drug-likeness (QED) is 0.110. The van der Waals surface area contributed by atoms with E-state index in [0.717, 1.165) is 47.4 Å². The molecule has 9 rings (SSSR count). The van der Waals surface area contributed by atoms with Gasteiger partial charge in [0.1, 0.15) is 0 Å². The number of hydrogen-bond acceptors (Lipinski definition) is 6. The van der Waals surface area contributed by atoms with Crippen LogP contribution in [0.4, 0.5) is 0 Å². The number of rotatable bonds is 0. The summed E-state index contributed by atoms with van der Waals surface area (Å²) in [5.41, 5.74) is 9.18. The summed E-state index contributed by atoms with van der Waals surface area (Å²) in [4.78, 5) is 41.2. The molecule has 4 aromatic carbocycles. The van der Waals surface area contributed by atoms with Crippen LogP contribution in [0.3, 0.4) is 0 Å². The third-order valence-electron chi connectivity index (χ3n) is 10.3. The van der Waals surface area contributed by atoms with E-state index in [1.807, 2.05) is 0 Å². The molecule has 10 heteroatoms. The van der Waals surface area contributed by atoms with Crippen LogP contribution < -0.4 is 9.97 Å². The van der Waals surface area contributed by atoms with Gasteiger partial charge in [-0.15, -0.1) is 0 Å². The third kappa shape index (κ3) is 6.15. The first kappa shape index (κ1) is 36.6. The minimum Gasteiger partial charge on any atom is -0.357 e. The zero-order valence-electron chi connectivity index (χ0n) is 32.1. The van der Waals surface area contributed by atoms with E-state index in [1.165, 1.54) is 16.7 Å². The molecule has 0 aliphatic carbocycles. The molecule has 5 heterocycles. The molecular formula is C44H39IN8Zn. The summed E-state index contributed by atoms with van der Waals surface area (Å²) in [6.07, 6.45) is 0. The second-order valence-corrected chi connectivity index (χ2v) is 18.4. The van der Waals surface area contributed by atoms with Crippen LogP contribution in [0, 0.1) is 3.57 Å². The zero-order chi connectivity index (χ0) is 37.2. The van der Waals surface area contributed by atoms with Gasteiger partial charge in [0.05, 0.1) is 23.3 Å². The molecule has 0 radical (unpaired) electrons. The number of halogens is 1. The summed E-state index contributed by atoms with van der Waals surface area (Å²) in [6, 6.07) is 25.6. The van der Waals surface area contributed by atoms with Crippen molar-refractivity contribution in [2.75, 3.05) is 0 Å². The van der Waals surface area contributed by atoms with Crippen molar-refractivity contribution in [1.29, 1.82) is 0 Å². The van der Waals surface area contributed by atoms with Crippen molar-refractivity contribution in [2.45, 2.75) is 78.6 Å². The van der Waals surface area contributed by atoms with Crippen molar-refractivity contribution in [2.24, 2.45) is 0 Å². The summed E-state index contributed by atoms with van der Waals surface area (Å²) in [5.74, 6) is 2.23. The maximum absolute atomic E-state index is 5.22. The van der Waals surface area contributed by atoms with Gasteiger partial charge < -0.3 is 29.9 Å². The van der Waals surface area contributed by atoms with Crippen LogP contribution in [0.2, 0.25) is 0 Å². The molecular weight excluding hydrogens is 833 g/mol. The van der Waals surface area contributed by atoms with Crippen molar-refractivity contribution >= 4 is 66.7 Å². The molecule has 2 aliphatic heterocycles. The van der Waals surface area contributed by atoms with Crippen LogP contribution in [0.25, 0.3) is 89.7 Å². The predicted molar refractivity (Wildman–Crippen MR) is 223 cm³/mol. The largest absolute Gasteiger partial charge is 2.00 e. The minimum atomic E-state index is -0.0782. The van der Waals surface area contributed by atoms with Gasteiger partial charge in [-0.3, -0.25) is 0 Å². The fourth-order valence-corrected chi connectivity index (χ4v) is 7.53. The summed E-state index contributed by atoms with van der Waals surface area (Å²) in [5, 5.41) is 3.64. The summed E-state index contributed by atoms with van der Waals surface area (Å²) >= 11 is 2.33. The molecule has 0 N–H and O–H groups in total. The van der Waals surface area contributed by atoms with Gasteiger partial charge in [0.15, 0.2) is 0 Å². The van der Waals surface area contributed by atoms with Gasteiger partial charge in [-0.25, -0.2) is 9.97 Å². The molecule has 8 nitrogen and oxygen atoms in total. The van der Waals surface area contributed by atoms with Crippen molar-refractivity contribution in [3.8, 4) is 45.6 Å². The van der Waals surface area contributed by atoms with E-state index in [2.05, 4.69) is 158 Å². The van der Waals surface area contributed by atoms with Gasteiger partial charge in [-0.05, 0) is 107 Å². The number of aromatic nitrogens is 8. The second kappa shape index (κ2) is 12.6. The standard InChI is InChI=1S/C44H39IN8.Zn/c1-42(2,3)22-10-14-26-30(18-22)38-46-34(26)48-39-32-20-24(44(7,8)9)12-16-28(32)36(50-39)52-41-33-21-25(45)13-17-29(33)37(53-41)51-40-31-19-23(43(4,5)6)11-15-27(31)35(47-38)49-40;/h10-21H,1-9H3;/q-2;+2. The van der Waals surface area contributed by atoms with Crippen molar-refractivity contribution in [1.82, 2.24) is 39.9 Å². The average Bonchev–Trinajstić information content (AvgIpc) is 3.81. The average molecular weight is 872 g/mol. The molecule has 0 amide bonds. The summed E-state index contributed by atoms with van der Waals surface area (Å²) in [7, 11) is 0. The molecule has 264 valence electrons. The molecule has 3 aromatic heterocycles. The maximum atomic E-state index is 5.22. The molecule has 2 aliphatic rings. The second-order valence-electron chi connectivity index (χ2n) is 17.2. The molecule has 8 bridgehead atoms. The molecule has 7 aromatic rings. The Labute approximate surface area is 341 Å². The molecule has 0 unspecified atom stereocenters. The van der Waals surface area contributed by atoms with Crippen LogP contribution in [0.1, 0.15) is 79.0 Å². The van der Waals surface area contributed by atoms with E-state index < -0.39 is 0 Å². The molecule has 0 saturated heterocycles. The van der Waals surface area contributed by atoms with Crippen LogP contribution in [0.5, 0.6) is 0 Å². The van der Waals surface area contributed by atoms with Gasteiger partial charge in [0, 0.05) is 48.4 Å². The number of fused-ring (bicyclic) bond motifs is 20. The summed E-state index contributed by atoms with van der Waals surface area (Å²) in [6.45, 7) is 19.9. The van der Waals surface area contributed by atoms with Crippen molar-refractivity contribution in [3.05, 3.63) is 93.1 Å². The van der Waals surface area contributed by atoms with E-state index in [9.17, 15) is 0 Å². The zero-order valence-corrected chi connectivity index (χ0v) is 37.2. The fraction of sp³-hybridized carbons (Fsp3) is 0.273. The molecule has 54 heavy (non-hydrogen) atoms. The van der Waals surface area contributed by atoms with Crippen LogP contribution in [0.15, 0.2) is 72.8 Å². The van der Waals surface area contributed by atoms with E-state index in [1.54, 1.807) is 0 Å². The SMILES string of the molecule is CC(C)(C)c1ccc2c(c1)-c1nc-2nc2[n-]c(nc3nc(nc4[n-]c(n1)c1ccc(C(C)(C)C)cc41)-c1ccc(I)cc1-3)c1ccc(C(C)(C)C)cc21.[Zn+2]. The Morgan fingerprint density at radius 2 is 0.741 bits per heavy atom. The van der Waals surface area contributed by atoms with Crippen LogP contribution in [-0.4, -0.2) is 29.9 Å². The third-order valence-corrected chi connectivity index (χ3v) is 10.9. The van der Waals surface area contributed by atoms with E-state index in [-0.39, 0.29) is 35.7 Å². The topological polar surface area (TPSA) is 106 Å². The number of nitrogens with zero attached hydrogens (tertiary/aromatic N) is 8. The Bertz CT molecular complexity index is 2850. The van der Waals surface area contributed by atoms with Gasteiger partial charge in [-0.1, -0.05) is 105 Å². The Hall–Kier alpha value is -4.41. The van der Waals surface area contributed by atoms with Crippen LogP contribution >= 0.6 is 22.6 Å². The molecule has 0 atom stereocenters. The first-order valence-electron chi connectivity index (χ1n) is 18.0. The first-order valence-corrected chi connectivity index (χ1v) is 19.0. The predicted octanol–water partition coefficient (Wildman–Crippen LogP) is 10.6. The van der Waals surface area contributed by atoms with Gasteiger partial charge >= 0.3 is 19.5 Å². The fourth-order valence-electron chi connectivity index (χ4n) is 7.03. The number of hydrogen-bond donors (Lipinski definition) is 0. The van der Waals surface area contributed by atoms with E-state index >= 15 is 0 Å². The minimum absolute atomic E-state index is 0. The Morgan fingerprint density at radius 1 is 0.389 bits per heavy atom. The smallest absolute Gasteiger partial charge is 0.357 e. The van der Waals surface area contributed by atoms with Crippen LogP contribution in [-0.2, 0) is 35.7 Å². The number of benzene rings is 4. The Balaban J connectivity index is 0.00000413. The Morgan fingerprint density at radius 3 is 1.19 bits per heavy atom. The van der Waals surface area contributed by atoms with Crippen molar-refractivity contribution < 1.29 is 19.5 Å². The van der Waals surface area contributed by atoms with Gasteiger partial charge in [0.25, 0.3) is 0 Å². The molecule has 0 fully saturated rings. The summed E-state index contributed by atoms with van der Waals surface area (Å²) < 4.78 is 1.08. The molecule has 0 spiro atoms. The maximum Gasteiger partial charge on any atom is 2.00 e.